The van der Waals surface area contributed by atoms with Crippen LogP contribution in [-0.2, 0) is 19.9 Å². The first kappa shape index (κ1) is 17.7. The van der Waals surface area contributed by atoms with Crippen LogP contribution < -0.4 is 0 Å². The van der Waals surface area contributed by atoms with Crippen molar-refractivity contribution in [3.05, 3.63) is 28.5 Å². The number of nitrogens with zero attached hydrogens (tertiary/aromatic N) is 2. The van der Waals surface area contributed by atoms with Crippen LogP contribution in [0.1, 0.15) is 26.3 Å². The van der Waals surface area contributed by atoms with Crippen LogP contribution in [0.5, 0.6) is 0 Å². The number of hydrogen-bond acceptors (Lipinski definition) is 5. The Balaban J connectivity index is 2.15. The molecular weight excluding hydrogens is 368 g/mol. The van der Waals surface area contributed by atoms with Crippen LogP contribution in [0, 0.1) is 0 Å². The topological polar surface area (TPSA) is 89.0 Å². The number of amides is 1. The fourth-order valence-corrected chi connectivity index (χ4v) is 2.92. The van der Waals surface area contributed by atoms with Crippen molar-refractivity contribution in [2.45, 2.75) is 32.0 Å². The molecule has 1 aliphatic rings. The predicted molar refractivity (Wildman–Crippen MR) is 85.0 cm³/mol. The molecule has 1 aliphatic heterocycles. The zero-order chi connectivity index (χ0) is 17.3. The maximum atomic E-state index is 12.1. The van der Waals surface area contributed by atoms with Gasteiger partial charge < -0.3 is 19.5 Å². The zero-order valence-corrected chi connectivity index (χ0v) is 14.8. The van der Waals surface area contributed by atoms with Gasteiger partial charge in [0.05, 0.1) is 13.1 Å². The normalized spacial score (nSPS) is 16.6. The third-order valence-electron chi connectivity index (χ3n) is 3.28. The molecule has 8 heteroatoms. The summed E-state index contributed by atoms with van der Waals surface area (Å²) < 4.78 is 11.6. The molecule has 1 amide bonds. The van der Waals surface area contributed by atoms with E-state index in [1.165, 1.54) is 4.90 Å². The van der Waals surface area contributed by atoms with E-state index in [2.05, 4.69) is 20.9 Å². The second-order valence-corrected chi connectivity index (χ2v) is 7.22. The van der Waals surface area contributed by atoms with E-state index in [0.29, 0.717) is 4.47 Å². The Labute approximate surface area is 142 Å². The number of carbonyl (C=O) groups is 2. The minimum atomic E-state index is -1.06. The summed E-state index contributed by atoms with van der Waals surface area (Å²) in [6.07, 6.45) is 2.76. The number of aliphatic carboxylic acids is 1. The molecule has 0 bridgehead atoms. The van der Waals surface area contributed by atoms with Crippen molar-refractivity contribution >= 4 is 28.0 Å². The second-order valence-electron chi connectivity index (χ2n) is 6.37. The van der Waals surface area contributed by atoms with E-state index in [4.69, 9.17) is 14.6 Å². The molecule has 1 N–H and O–H groups in total. The number of ether oxygens (including phenoxy) is 2. The highest BCUT2D eigenvalue weighted by molar-refractivity contribution is 9.10. The minimum absolute atomic E-state index is 0.220. The lowest BCUT2D eigenvalue weighted by molar-refractivity contribution is -0.170. The summed E-state index contributed by atoms with van der Waals surface area (Å²) in [4.78, 5) is 28.4. The van der Waals surface area contributed by atoms with Crippen LogP contribution in [0.4, 0.5) is 4.79 Å². The Bertz CT molecular complexity index is 608. The number of aromatic nitrogens is 1. The van der Waals surface area contributed by atoms with Gasteiger partial charge in [-0.2, -0.15) is 0 Å². The van der Waals surface area contributed by atoms with Gasteiger partial charge in [0.2, 0.25) is 0 Å². The van der Waals surface area contributed by atoms with Crippen LogP contribution in [-0.4, -0.2) is 52.4 Å². The first-order valence-electron chi connectivity index (χ1n) is 7.07. The summed E-state index contributed by atoms with van der Waals surface area (Å²) in [5.41, 5.74) is -0.709. The SMILES string of the molecule is CC(C)(C)OC(=O)N1CC(OCC(=O)O)(c2ccncc2Br)C1. The van der Waals surface area contributed by atoms with Crippen molar-refractivity contribution in [3.63, 3.8) is 0 Å². The number of carboxylic acid groups (broad SMARTS) is 1. The Kier molecular flexibility index (Phi) is 4.95. The van der Waals surface area contributed by atoms with Gasteiger partial charge in [-0.1, -0.05) is 0 Å². The van der Waals surface area contributed by atoms with E-state index < -0.39 is 29.9 Å². The predicted octanol–water partition coefficient (Wildman–Crippen LogP) is 2.39. The molecule has 0 aromatic carbocycles. The molecule has 1 fully saturated rings. The number of rotatable bonds is 4. The summed E-state index contributed by atoms with van der Waals surface area (Å²) in [7, 11) is 0. The van der Waals surface area contributed by atoms with Gasteiger partial charge in [0.15, 0.2) is 0 Å². The quantitative estimate of drug-likeness (QED) is 0.854. The Morgan fingerprint density at radius 1 is 1.43 bits per heavy atom. The summed E-state index contributed by atoms with van der Waals surface area (Å²) in [6.45, 7) is 5.36. The highest BCUT2D eigenvalue weighted by Gasteiger charge is 2.50. The molecule has 0 radical (unpaired) electrons. The fourth-order valence-electron chi connectivity index (χ4n) is 2.31. The van der Waals surface area contributed by atoms with Gasteiger partial charge in [-0.05, 0) is 42.8 Å². The molecule has 23 heavy (non-hydrogen) atoms. The third kappa shape index (κ3) is 4.20. The molecule has 0 unspecified atom stereocenters. The lowest BCUT2D eigenvalue weighted by Gasteiger charge is -2.49. The van der Waals surface area contributed by atoms with Crippen LogP contribution in [0.25, 0.3) is 0 Å². The molecule has 7 nitrogen and oxygen atoms in total. The maximum Gasteiger partial charge on any atom is 0.410 e. The molecule has 126 valence electrons. The van der Waals surface area contributed by atoms with Gasteiger partial charge in [0, 0.05) is 22.4 Å². The van der Waals surface area contributed by atoms with Gasteiger partial charge >= 0.3 is 12.1 Å². The molecule has 1 aromatic heterocycles. The summed E-state index contributed by atoms with van der Waals surface area (Å²) in [6, 6.07) is 1.75. The van der Waals surface area contributed by atoms with Crippen molar-refractivity contribution in [1.29, 1.82) is 0 Å². The Hall–Kier alpha value is -1.67. The van der Waals surface area contributed by atoms with E-state index in [-0.39, 0.29) is 13.1 Å². The number of hydrogen-bond donors (Lipinski definition) is 1. The zero-order valence-electron chi connectivity index (χ0n) is 13.2. The minimum Gasteiger partial charge on any atom is -0.480 e. The molecule has 1 saturated heterocycles. The average molecular weight is 387 g/mol. The lowest BCUT2D eigenvalue weighted by atomic mass is 9.86. The van der Waals surface area contributed by atoms with Gasteiger partial charge in [0.25, 0.3) is 0 Å². The highest BCUT2D eigenvalue weighted by atomic mass is 79.9. The number of carbonyl (C=O) groups excluding carboxylic acids is 1. The van der Waals surface area contributed by atoms with Crippen LogP contribution >= 0.6 is 15.9 Å². The second kappa shape index (κ2) is 6.45. The van der Waals surface area contributed by atoms with Crippen LogP contribution in [0.3, 0.4) is 0 Å². The van der Waals surface area contributed by atoms with Crippen LogP contribution in [0.15, 0.2) is 22.9 Å². The monoisotopic (exact) mass is 386 g/mol. The Morgan fingerprint density at radius 2 is 2.09 bits per heavy atom. The standard InChI is InChI=1S/C15H19BrN2O5/c1-14(2,3)23-13(21)18-8-15(9-18,22-7-12(19)20)10-4-5-17-6-11(10)16/h4-6H,7-9H2,1-3H3,(H,19,20). The van der Waals surface area contributed by atoms with E-state index >= 15 is 0 Å². The number of likely N-dealkylation sites (tertiary alicyclic amines) is 1. The third-order valence-corrected chi connectivity index (χ3v) is 3.91. The molecule has 1 aromatic rings. The molecule has 2 heterocycles. The van der Waals surface area contributed by atoms with Crippen LogP contribution in [0.2, 0.25) is 0 Å². The van der Waals surface area contributed by atoms with E-state index in [1.807, 2.05) is 0 Å². The van der Waals surface area contributed by atoms with Gasteiger partial charge in [-0.15, -0.1) is 0 Å². The molecule has 0 atom stereocenters. The molecule has 0 aliphatic carbocycles. The lowest BCUT2D eigenvalue weighted by Crippen LogP contribution is -2.63. The number of halogens is 1. The molecule has 0 spiro atoms. The first-order chi connectivity index (χ1) is 10.6. The number of pyridine rings is 1. The molecular formula is C15H19BrN2O5. The van der Waals surface area contributed by atoms with Crippen molar-refractivity contribution < 1.29 is 24.2 Å². The molecule has 2 rings (SSSR count). The van der Waals surface area contributed by atoms with Crippen molar-refractivity contribution in [2.75, 3.05) is 19.7 Å². The van der Waals surface area contributed by atoms with Gasteiger partial charge in [0.1, 0.15) is 17.8 Å². The first-order valence-corrected chi connectivity index (χ1v) is 7.86. The summed E-state index contributed by atoms with van der Waals surface area (Å²) in [5, 5.41) is 8.89. The highest BCUT2D eigenvalue weighted by Crippen LogP contribution is 2.39. The summed E-state index contributed by atoms with van der Waals surface area (Å²) >= 11 is 3.40. The Morgan fingerprint density at radius 3 is 2.61 bits per heavy atom. The largest absolute Gasteiger partial charge is 0.480 e. The van der Waals surface area contributed by atoms with Crippen molar-refractivity contribution in [1.82, 2.24) is 9.88 Å². The maximum absolute atomic E-state index is 12.1. The van der Waals surface area contributed by atoms with E-state index in [0.717, 1.165) is 5.56 Å². The van der Waals surface area contributed by atoms with E-state index in [9.17, 15) is 9.59 Å². The fraction of sp³-hybridized carbons (Fsp3) is 0.533. The van der Waals surface area contributed by atoms with Crippen molar-refractivity contribution in [3.8, 4) is 0 Å². The van der Waals surface area contributed by atoms with Gasteiger partial charge in [-0.3, -0.25) is 4.98 Å². The van der Waals surface area contributed by atoms with E-state index in [1.54, 1.807) is 39.2 Å². The summed E-state index contributed by atoms with van der Waals surface area (Å²) in [5.74, 6) is -1.06. The van der Waals surface area contributed by atoms with Crippen molar-refractivity contribution in [2.24, 2.45) is 0 Å². The average Bonchev–Trinajstić information content (AvgIpc) is 2.36. The molecule has 0 saturated carbocycles. The smallest absolute Gasteiger partial charge is 0.410 e. The van der Waals surface area contributed by atoms with Gasteiger partial charge in [-0.25, -0.2) is 9.59 Å². The number of carboxylic acids is 1.